The lowest BCUT2D eigenvalue weighted by atomic mass is 10.1. The number of para-hydroxylation sites is 2. The normalized spacial score (nSPS) is 11.0. The summed E-state index contributed by atoms with van der Waals surface area (Å²) in [5.74, 6) is 1.43. The van der Waals surface area contributed by atoms with Crippen molar-refractivity contribution in [2.45, 2.75) is 24.3 Å². The SMILES string of the molecule is CCc1ccccc1Nc1nc(N)nc(CSc2nc3ccccc3c(=O)n2C)n1. The van der Waals surface area contributed by atoms with Gasteiger partial charge in [0.1, 0.15) is 5.82 Å². The number of nitrogen functional groups attached to an aromatic ring is 1. The van der Waals surface area contributed by atoms with E-state index in [2.05, 4.69) is 38.2 Å². The van der Waals surface area contributed by atoms with Crippen LogP contribution in [0.4, 0.5) is 17.6 Å². The van der Waals surface area contributed by atoms with Crippen LogP contribution in [0.1, 0.15) is 18.3 Å². The standard InChI is InChI=1S/C21H21N7OS/c1-3-13-8-4-6-10-15(13)23-20-26-17(25-19(22)27-20)12-30-21-24-16-11-7-5-9-14(16)18(29)28(21)2/h4-11H,3,12H2,1-2H3,(H3,22,23,25,26,27). The summed E-state index contributed by atoms with van der Waals surface area (Å²) in [6.07, 6.45) is 0.883. The largest absolute Gasteiger partial charge is 0.368 e. The maximum atomic E-state index is 12.6. The van der Waals surface area contributed by atoms with Gasteiger partial charge in [-0.3, -0.25) is 9.36 Å². The van der Waals surface area contributed by atoms with E-state index in [1.807, 2.05) is 36.4 Å². The van der Waals surface area contributed by atoms with Crippen molar-refractivity contribution in [3.05, 3.63) is 70.3 Å². The Labute approximate surface area is 177 Å². The number of rotatable bonds is 6. The van der Waals surface area contributed by atoms with E-state index in [-0.39, 0.29) is 11.5 Å². The molecule has 8 nitrogen and oxygen atoms in total. The summed E-state index contributed by atoms with van der Waals surface area (Å²) < 4.78 is 1.54. The van der Waals surface area contributed by atoms with Crippen molar-refractivity contribution in [2.75, 3.05) is 11.1 Å². The van der Waals surface area contributed by atoms with E-state index in [1.165, 1.54) is 16.3 Å². The average Bonchev–Trinajstić information content (AvgIpc) is 2.75. The van der Waals surface area contributed by atoms with E-state index >= 15 is 0 Å². The highest BCUT2D eigenvalue weighted by molar-refractivity contribution is 7.98. The number of aryl methyl sites for hydroxylation is 1. The first kappa shape index (κ1) is 19.8. The maximum Gasteiger partial charge on any atom is 0.261 e. The molecule has 30 heavy (non-hydrogen) atoms. The van der Waals surface area contributed by atoms with E-state index in [4.69, 9.17) is 5.73 Å². The van der Waals surface area contributed by atoms with Gasteiger partial charge in [-0.15, -0.1) is 0 Å². The Morgan fingerprint density at radius 2 is 1.80 bits per heavy atom. The van der Waals surface area contributed by atoms with Crippen LogP contribution < -0.4 is 16.6 Å². The molecule has 2 aromatic heterocycles. The quantitative estimate of drug-likeness (QED) is 0.362. The van der Waals surface area contributed by atoms with Crippen molar-refractivity contribution in [1.82, 2.24) is 24.5 Å². The number of thioether (sulfide) groups is 1. The molecule has 9 heteroatoms. The van der Waals surface area contributed by atoms with E-state index in [0.29, 0.717) is 33.6 Å². The molecule has 2 aromatic carbocycles. The summed E-state index contributed by atoms with van der Waals surface area (Å²) in [4.78, 5) is 30.1. The molecule has 0 spiro atoms. The molecule has 4 aromatic rings. The maximum absolute atomic E-state index is 12.6. The summed E-state index contributed by atoms with van der Waals surface area (Å²) in [6.45, 7) is 2.09. The summed E-state index contributed by atoms with van der Waals surface area (Å²) in [6, 6.07) is 15.3. The van der Waals surface area contributed by atoms with Gasteiger partial charge >= 0.3 is 0 Å². The van der Waals surface area contributed by atoms with E-state index in [0.717, 1.165) is 17.7 Å². The Kier molecular flexibility index (Phi) is 5.62. The summed E-state index contributed by atoms with van der Waals surface area (Å²) in [5, 5.41) is 4.40. The van der Waals surface area contributed by atoms with Gasteiger partial charge in [-0.1, -0.05) is 49.0 Å². The number of fused-ring (bicyclic) bond motifs is 1. The molecule has 0 aliphatic rings. The molecule has 0 aliphatic heterocycles. The lowest BCUT2D eigenvalue weighted by Crippen LogP contribution is -2.20. The van der Waals surface area contributed by atoms with E-state index in [1.54, 1.807) is 13.1 Å². The first-order chi connectivity index (χ1) is 14.5. The van der Waals surface area contributed by atoms with E-state index in [9.17, 15) is 4.79 Å². The molecule has 2 heterocycles. The third-order valence-corrected chi connectivity index (χ3v) is 5.64. The molecule has 3 N–H and O–H groups in total. The zero-order valence-electron chi connectivity index (χ0n) is 16.7. The minimum Gasteiger partial charge on any atom is -0.368 e. The molecule has 4 rings (SSSR count). The van der Waals surface area contributed by atoms with Crippen molar-refractivity contribution in [2.24, 2.45) is 7.05 Å². The van der Waals surface area contributed by atoms with Crippen LogP contribution >= 0.6 is 11.8 Å². The Hall–Kier alpha value is -3.46. The van der Waals surface area contributed by atoms with Crippen molar-refractivity contribution < 1.29 is 0 Å². The van der Waals surface area contributed by atoms with Crippen molar-refractivity contribution >= 4 is 40.2 Å². The number of nitrogens with zero attached hydrogens (tertiary/aromatic N) is 5. The number of hydrogen-bond acceptors (Lipinski definition) is 8. The first-order valence-electron chi connectivity index (χ1n) is 9.49. The fourth-order valence-corrected chi connectivity index (χ4v) is 3.91. The number of hydrogen-bond donors (Lipinski definition) is 2. The molecule has 0 fully saturated rings. The average molecular weight is 420 g/mol. The lowest BCUT2D eigenvalue weighted by Gasteiger charge is -2.11. The minimum absolute atomic E-state index is 0.0863. The number of nitrogens with two attached hydrogens (primary N) is 1. The van der Waals surface area contributed by atoms with Gasteiger partial charge in [0, 0.05) is 12.7 Å². The number of anilines is 3. The smallest absolute Gasteiger partial charge is 0.261 e. The summed E-state index contributed by atoms with van der Waals surface area (Å²) in [5.41, 5.74) is 8.56. The molecule has 0 unspecified atom stereocenters. The van der Waals surface area contributed by atoms with Gasteiger partial charge in [-0.25, -0.2) is 4.98 Å². The monoisotopic (exact) mass is 419 g/mol. The Balaban J connectivity index is 1.58. The molecule has 152 valence electrons. The van der Waals surface area contributed by atoms with Gasteiger partial charge < -0.3 is 11.1 Å². The number of aromatic nitrogens is 5. The topological polar surface area (TPSA) is 112 Å². The molecule has 0 saturated heterocycles. The number of benzene rings is 2. The van der Waals surface area contributed by atoms with Crippen LogP contribution in [0.5, 0.6) is 0 Å². The minimum atomic E-state index is -0.0863. The highest BCUT2D eigenvalue weighted by atomic mass is 32.2. The van der Waals surface area contributed by atoms with Crippen LogP contribution in [0.25, 0.3) is 10.9 Å². The van der Waals surface area contributed by atoms with Crippen LogP contribution in [-0.4, -0.2) is 24.5 Å². The Morgan fingerprint density at radius 1 is 1.03 bits per heavy atom. The van der Waals surface area contributed by atoms with Gasteiger partial charge in [0.25, 0.3) is 5.56 Å². The fraction of sp³-hybridized carbons (Fsp3) is 0.190. The van der Waals surface area contributed by atoms with Crippen molar-refractivity contribution in [3.63, 3.8) is 0 Å². The van der Waals surface area contributed by atoms with E-state index < -0.39 is 0 Å². The Morgan fingerprint density at radius 3 is 2.63 bits per heavy atom. The van der Waals surface area contributed by atoms with Crippen LogP contribution in [-0.2, 0) is 19.2 Å². The van der Waals surface area contributed by atoms with Gasteiger partial charge in [-0.2, -0.15) is 15.0 Å². The molecule has 0 aliphatic carbocycles. The molecule has 0 bridgehead atoms. The lowest BCUT2D eigenvalue weighted by molar-refractivity contribution is 0.725. The zero-order valence-corrected chi connectivity index (χ0v) is 17.5. The second-order valence-electron chi connectivity index (χ2n) is 6.63. The fourth-order valence-electron chi connectivity index (χ4n) is 3.09. The van der Waals surface area contributed by atoms with Crippen LogP contribution in [0.15, 0.2) is 58.5 Å². The Bertz CT molecular complexity index is 1270. The predicted molar refractivity (Wildman–Crippen MR) is 120 cm³/mol. The van der Waals surface area contributed by atoms with Gasteiger partial charge in [0.2, 0.25) is 11.9 Å². The summed E-state index contributed by atoms with van der Waals surface area (Å²) in [7, 11) is 1.71. The second kappa shape index (κ2) is 8.50. The molecular weight excluding hydrogens is 398 g/mol. The highest BCUT2D eigenvalue weighted by Crippen LogP contribution is 2.23. The predicted octanol–water partition coefficient (Wildman–Crippen LogP) is 3.30. The van der Waals surface area contributed by atoms with Crippen molar-refractivity contribution in [1.29, 1.82) is 0 Å². The third kappa shape index (κ3) is 4.11. The van der Waals surface area contributed by atoms with Crippen LogP contribution in [0, 0.1) is 0 Å². The van der Waals surface area contributed by atoms with Crippen LogP contribution in [0.3, 0.4) is 0 Å². The van der Waals surface area contributed by atoms with Crippen molar-refractivity contribution in [3.8, 4) is 0 Å². The first-order valence-corrected chi connectivity index (χ1v) is 10.5. The van der Waals surface area contributed by atoms with Gasteiger partial charge in [0.05, 0.1) is 16.7 Å². The molecule has 0 saturated carbocycles. The molecule has 0 radical (unpaired) electrons. The van der Waals surface area contributed by atoms with Gasteiger partial charge in [-0.05, 0) is 30.2 Å². The third-order valence-electron chi connectivity index (χ3n) is 4.62. The van der Waals surface area contributed by atoms with Gasteiger partial charge in [0.15, 0.2) is 5.16 Å². The zero-order chi connectivity index (χ0) is 21.1. The summed E-state index contributed by atoms with van der Waals surface area (Å²) >= 11 is 1.38. The molecule has 0 atom stereocenters. The molecular formula is C21H21N7OS. The number of nitrogens with one attached hydrogen (secondary N) is 1. The van der Waals surface area contributed by atoms with Crippen LogP contribution in [0.2, 0.25) is 0 Å². The highest BCUT2D eigenvalue weighted by Gasteiger charge is 2.11. The second-order valence-corrected chi connectivity index (χ2v) is 7.58. The molecule has 0 amide bonds.